The summed E-state index contributed by atoms with van der Waals surface area (Å²) in [7, 11) is 0. The van der Waals surface area contributed by atoms with Crippen molar-refractivity contribution in [3.05, 3.63) is 0 Å². The van der Waals surface area contributed by atoms with Crippen LogP contribution in [0.4, 0.5) is 0 Å². The third-order valence-electron chi connectivity index (χ3n) is 14.8. The molecule has 0 heterocycles. The molecule has 372 valence electrons. The van der Waals surface area contributed by atoms with E-state index < -0.39 is 0 Å². The Balaban J connectivity index is -0.000000142. The lowest BCUT2D eigenvalue weighted by Crippen LogP contribution is -2.25. The van der Waals surface area contributed by atoms with Crippen molar-refractivity contribution in [1.82, 2.24) is 0 Å². The van der Waals surface area contributed by atoms with E-state index in [1.807, 2.05) is 0 Å². The fourth-order valence-corrected chi connectivity index (χ4v) is 5.96. The molecule has 0 bridgehead atoms. The van der Waals surface area contributed by atoms with Crippen LogP contribution in [-0.4, -0.2) is 0 Å². The predicted octanol–water partition coefficient (Wildman–Crippen LogP) is 22.9. The Kier molecular flexibility index (Phi) is 34.4. The second kappa shape index (κ2) is 28.8. The lowest BCUT2D eigenvalue weighted by molar-refractivity contribution is 0.157. The van der Waals surface area contributed by atoms with Crippen LogP contribution in [0.2, 0.25) is 0 Å². The van der Waals surface area contributed by atoms with Crippen molar-refractivity contribution < 1.29 is 0 Å². The van der Waals surface area contributed by atoms with Crippen LogP contribution in [0.3, 0.4) is 0 Å². The van der Waals surface area contributed by atoms with Gasteiger partial charge in [0.15, 0.2) is 0 Å². The number of rotatable bonds is 1. The largest absolute Gasteiger partial charge is 0.0776 e. The van der Waals surface area contributed by atoms with Gasteiger partial charge in [-0.3, -0.25) is 0 Å². The Labute approximate surface area is 389 Å². The molecule has 0 aromatic carbocycles. The summed E-state index contributed by atoms with van der Waals surface area (Å²) in [5, 5.41) is 0. The van der Waals surface area contributed by atoms with E-state index in [1.165, 1.54) is 70.6 Å². The summed E-state index contributed by atoms with van der Waals surface area (Å²) < 4.78 is 0. The third-order valence-corrected chi connectivity index (χ3v) is 14.8. The second-order valence-electron chi connectivity index (χ2n) is 30.5. The van der Waals surface area contributed by atoms with Gasteiger partial charge in [0.25, 0.3) is 0 Å². The van der Waals surface area contributed by atoms with Crippen LogP contribution in [0.15, 0.2) is 0 Å². The molecule has 2 fully saturated rings. The van der Waals surface area contributed by atoms with Gasteiger partial charge in [-0.25, -0.2) is 0 Å². The van der Waals surface area contributed by atoms with Crippen LogP contribution in [-0.2, 0) is 0 Å². The molecule has 0 heteroatoms. The van der Waals surface area contributed by atoms with Gasteiger partial charge in [-0.2, -0.15) is 0 Å². The van der Waals surface area contributed by atoms with Gasteiger partial charge in [-0.05, 0) is 110 Å². The van der Waals surface area contributed by atoms with E-state index in [4.69, 9.17) is 0 Å². The number of hydrogen-bond donors (Lipinski definition) is 0. The minimum absolute atomic E-state index is 0. The number of hydrogen-bond acceptors (Lipinski definition) is 0. The van der Waals surface area contributed by atoms with E-state index in [0.717, 1.165) is 23.7 Å². The molecule has 1 unspecified atom stereocenters. The van der Waals surface area contributed by atoms with Crippen LogP contribution < -0.4 is 0 Å². The highest BCUT2D eigenvalue weighted by atomic mass is 14.3. The van der Waals surface area contributed by atoms with Crippen molar-refractivity contribution in [3.8, 4) is 0 Å². The molecule has 0 aromatic rings. The average Bonchev–Trinajstić information content (AvgIpc) is 3.50. The van der Waals surface area contributed by atoms with E-state index >= 15 is 0 Å². The smallest absolute Gasteiger partial charge is 0.0334 e. The molecular weight excluding hydrogens is 721 g/mol. The highest BCUT2D eigenvalue weighted by Crippen LogP contribution is 2.40. The van der Waals surface area contributed by atoms with Crippen LogP contribution >= 0.6 is 0 Å². The van der Waals surface area contributed by atoms with Gasteiger partial charge in [0.1, 0.15) is 0 Å². The first-order valence-corrected chi connectivity index (χ1v) is 25.3. The molecule has 0 spiro atoms. The summed E-state index contributed by atoms with van der Waals surface area (Å²) in [6.45, 7) is 77.9. The molecule has 0 aromatic heterocycles. The van der Waals surface area contributed by atoms with E-state index in [1.54, 1.807) is 0 Å². The third kappa shape index (κ3) is 44.6. The maximum atomic E-state index is 2.38. The monoisotopic (exact) mass is 853 g/mol. The molecule has 2 aliphatic rings. The Bertz CT molecular complexity index is 889. The molecule has 2 aliphatic carbocycles. The zero-order valence-electron chi connectivity index (χ0n) is 49.1. The highest BCUT2D eigenvalue weighted by molar-refractivity contribution is 4.80. The van der Waals surface area contributed by atoms with E-state index in [0.29, 0.717) is 54.1 Å². The molecule has 60 heavy (non-hydrogen) atoms. The zero-order valence-corrected chi connectivity index (χ0v) is 49.1. The zero-order chi connectivity index (χ0) is 49.1. The van der Waals surface area contributed by atoms with E-state index in [9.17, 15) is 0 Å². The van der Waals surface area contributed by atoms with Gasteiger partial charge in [-0.15, -0.1) is 0 Å². The Morgan fingerprint density at radius 3 is 0.617 bits per heavy atom. The molecular formula is C60H132. The van der Waals surface area contributed by atoms with Gasteiger partial charge in [-0.1, -0.05) is 281 Å². The quantitative estimate of drug-likeness (QED) is 0.247. The van der Waals surface area contributed by atoms with Crippen LogP contribution in [0.5, 0.6) is 0 Å². The van der Waals surface area contributed by atoms with Gasteiger partial charge < -0.3 is 0 Å². The van der Waals surface area contributed by atoms with Crippen molar-refractivity contribution >= 4 is 0 Å². The van der Waals surface area contributed by atoms with E-state index in [2.05, 4.69) is 235 Å². The van der Waals surface area contributed by atoms with Crippen molar-refractivity contribution in [2.24, 2.45) is 77.8 Å². The standard InChI is InChI=1S/C10H20.C9H18.C9H20.3C8H18.C7H16.CH4/c1-10(2,3)9-7-5-4-6-8-9;1-9(2,3)8-6-4-5-7-8;1-8(2,3)7-9(4,5)6;2*1-7(2,3)8(4,5)6;1-6-7(2)8(3,4)5;1-6(2)7(3,4)5;/h9H,4-8H2,1-3H3;8H,4-7H2,1-3H3;7H2,1-6H3;2*1-6H3;7H,6H2,1-5H3;6H,1-5H3;1H4. The van der Waals surface area contributed by atoms with Gasteiger partial charge in [0.05, 0.1) is 0 Å². The predicted molar refractivity (Wildman–Crippen MR) is 289 cm³/mol. The Morgan fingerprint density at radius 1 is 0.350 bits per heavy atom. The minimum Gasteiger partial charge on any atom is -0.0776 e. The SMILES string of the molecule is C.CC(C)(C)C(C)(C)C.CC(C)(C)C(C)(C)C.CC(C)(C)C1CCCC1.CC(C)(C)C1CCCCC1.CC(C)(C)CC(C)(C)C.CC(C)C(C)(C)C.CCC(C)C(C)(C)C. The van der Waals surface area contributed by atoms with Crippen LogP contribution in [0.25, 0.3) is 0 Å². The van der Waals surface area contributed by atoms with Crippen molar-refractivity contribution in [2.75, 3.05) is 0 Å². The van der Waals surface area contributed by atoms with Gasteiger partial charge in [0, 0.05) is 0 Å². The average molecular weight is 854 g/mol. The molecule has 0 radical (unpaired) electrons. The summed E-state index contributed by atoms with van der Waals surface area (Å²) in [6, 6.07) is 0. The molecule has 0 aliphatic heterocycles. The summed E-state index contributed by atoms with van der Waals surface area (Å²) in [5.41, 5.74) is 4.88. The molecule has 0 saturated heterocycles. The van der Waals surface area contributed by atoms with Crippen LogP contribution in [0.1, 0.15) is 313 Å². The fourth-order valence-electron chi connectivity index (χ4n) is 5.96. The Morgan fingerprint density at radius 2 is 0.550 bits per heavy atom. The lowest BCUT2D eigenvalue weighted by atomic mass is 9.71. The summed E-state index contributed by atoms with van der Waals surface area (Å²) in [6.07, 6.45) is 15.9. The van der Waals surface area contributed by atoms with Gasteiger partial charge in [0.2, 0.25) is 0 Å². The summed E-state index contributed by atoms with van der Waals surface area (Å²) in [4.78, 5) is 0. The fraction of sp³-hybridized carbons (Fsp3) is 1.00. The summed E-state index contributed by atoms with van der Waals surface area (Å²) in [5.74, 6) is 3.66. The minimum atomic E-state index is 0. The molecule has 0 nitrogen and oxygen atoms in total. The van der Waals surface area contributed by atoms with Crippen molar-refractivity contribution in [1.29, 1.82) is 0 Å². The maximum Gasteiger partial charge on any atom is -0.0334 e. The van der Waals surface area contributed by atoms with Gasteiger partial charge >= 0.3 is 0 Å². The normalized spacial score (nSPS) is 16.9. The molecule has 2 rings (SSSR count). The molecule has 0 N–H and O–H groups in total. The highest BCUT2D eigenvalue weighted by Gasteiger charge is 2.29. The maximum absolute atomic E-state index is 2.38. The van der Waals surface area contributed by atoms with Crippen molar-refractivity contribution in [3.63, 3.8) is 0 Å². The van der Waals surface area contributed by atoms with Crippen molar-refractivity contribution in [2.45, 2.75) is 313 Å². The first-order valence-electron chi connectivity index (χ1n) is 25.3. The molecule has 2 saturated carbocycles. The first-order chi connectivity index (χ1) is 25.3. The second-order valence-corrected chi connectivity index (χ2v) is 30.5. The first kappa shape index (κ1) is 71.6. The Hall–Kier alpha value is 0. The topological polar surface area (TPSA) is 0 Å². The van der Waals surface area contributed by atoms with E-state index in [-0.39, 0.29) is 7.43 Å². The van der Waals surface area contributed by atoms with Crippen LogP contribution in [0, 0.1) is 77.8 Å². The molecule has 1 atom stereocenters. The summed E-state index contributed by atoms with van der Waals surface area (Å²) >= 11 is 0. The molecule has 0 amide bonds. The lowest BCUT2D eigenvalue weighted by Gasteiger charge is -2.34.